The molecule has 0 aromatic carbocycles. The Bertz CT molecular complexity index is 384. The van der Waals surface area contributed by atoms with E-state index in [1.807, 2.05) is 13.0 Å². The van der Waals surface area contributed by atoms with Gasteiger partial charge in [-0.2, -0.15) is 0 Å². The minimum atomic E-state index is -0.793. The van der Waals surface area contributed by atoms with Crippen molar-refractivity contribution in [2.75, 3.05) is 19.0 Å². The van der Waals surface area contributed by atoms with Gasteiger partial charge in [-0.25, -0.2) is 9.78 Å². The molecule has 1 unspecified atom stereocenters. The molecule has 5 nitrogen and oxygen atoms in total. The molecule has 1 atom stereocenters. The van der Waals surface area contributed by atoms with Gasteiger partial charge in [0.15, 0.2) is 0 Å². The maximum atomic E-state index is 11.2. The van der Waals surface area contributed by atoms with Crippen LogP contribution < -0.4 is 5.32 Å². The summed E-state index contributed by atoms with van der Waals surface area (Å²) in [6.07, 6.45) is 0. The molecule has 0 amide bonds. The lowest BCUT2D eigenvalue weighted by Gasteiger charge is -2.14. The molecule has 2 N–H and O–H groups in total. The molecular formula is C10H13BrN2O3. The number of aliphatic hydroxyl groups excluding tert-OH is 1. The first-order valence-electron chi connectivity index (χ1n) is 4.67. The topological polar surface area (TPSA) is 71.5 Å². The molecule has 0 aliphatic heterocycles. The van der Waals surface area contributed by atoms with Gasteiger partial charge in [0.1, 0.15) is 11.9 Å². The number of nitrogens with zero attached hydrogens (tertiary/aromatic N) is 1. The fraction of sp³-hybridized carbons (Fsp3) is 0.400. The van der Waals surface area contributed by atoms with Gasteiger partial charge in [0.05, 0.1) is 19.4 Å². The number of pyridine rings is 1. The van der Waals surface area contributed by atoms with Crippen molar-refractivity contribution in [1.29, 1.82) is 0 Å². The molecule has 0 aliphatic carbocycles. The first kappa shape index (κ1) is 12.9. The Morgan fingerprint density at radius 2 is 2.38 bits per heavy atom. The Hall–Kier alpha value is -1.14. The van der Waals surface area contributed by atoms with E-state index in [0.717, 1.165) is 10.2 Å². The second-order valence-corrected chi connectivity index (χ2v) is 4.02. The number of aryl methyl sites for hydroxylation is 1. The molecule has 16 heavy (non-hydrogen) atoms. The first-order valence-corrected chi connectivity index (χ1v) is 5.46. The largest absolute Gasteiger partial charge is 0.467 e. The maximum Gasteiger partial charge on any atom is 0.330 e. The molecule has 0 saturated carbocycles. The van der Waals surface area contributed by atoms with Gasteiger partial charge in [0.2, 0.25) is 0 Å². The van der Waals surface area contributed by atoms with Crippen LogP contribution in [-0.2, 0) is 9.53 Å². The van der Waals surface area contributed by atoms with Crippen LogP contribution in [0.25, 0.3) is 0 Å². The Kier molecular flexibility index (Phi) is 4.70. The van der Waals surface area contributed by atoms with E-state index in [2.05, 4.69) is 31.0 Å². The third kappa shape index (κ3) is 3.18. The molecule has 0 fully saturated rings. The van der Waals surface area contributed by atoms with Gasteiger partial charge in [-0.05, 0) is 35.0 Å². The summed E-state index contributed by atoms with van der Waals surface area (Å²) in [5.41, 5.74) is 0.798. The van der Waals surface area contributed by atoms with E-state index in [-0.39, 0.29) is 6.61 Å². The van der Waals surface area contributed by atoms with Crippen LogP contribution in [0.2, 0.25) is 0 Å². The third-order valence-electron chi connectivity index (χ3n) is 2.01. The number of nitrogens with one attached hydrogen (secondary N) is 1. The number of aromatic nitrogens is 1. The SMILES string of the molecule is COC(=O)C(CO)Nc1ccc(Br)c(C)n1. The van der Waals surface area contributed by atoms with Crippen LogP contribution >= 0.6 is 15.9 Å². The summed E-state index contributed by atoms with van der Waals surface area (Å²) in [7, 11) is 1.27. The van der Waals surface area contributed by atoms with Gasteiger partial charge < -0.3 is 15.2 Å². The zero-order chi connectivity index (χ0) is 12.1. The Morgan fingerprint density at radius 1 is 1.69 bits per heavy atom. The van der Waals surface area contributed by atoms with Crippen LogP contribution in [0.5, 0.6) is 0 Å². The van der Waals surface area contributed by atoms with Crippen molar-refractivity contribution >= 4 is 27.7 Å². The van der Waals surface area contributed by atoms with Crippen LogP contribution in [0.4, 0.5) is 5.82 Å². The summed E-state index contributed by atoms with van der Waals surface area (Å²) < 4.78 is 5.42. The van der Waals surface area contributed by atoms with Gasteiger partial charge in [-0.1, -0.05) is 0 Å². The number of halogens is 1. The summed E-state index contributed by atoms with van der Waals surface area (Å²) in [5, 5.41) is 11.8. The standard InChI is InChI=1S/C10H13BrN2O3/c1-6-7(11)3-4-9(12-6)13-8(5-14)10(15)16-2/h3-4,8,14H,5H2,1-2H3,(H,12,13). The van der Waals surface area contributed by atoms with Gasteiger partial charge in [0.25, 0.3) is 0 Å². The number of anilines is 1. The van der Waals surface area contributed by atoms with Crippen molar-refractivity contribution in [1.82, 2.24) is 4.98 Å². The average Bonchev–Trinajstić information content (AvgIpc) is 2.29. The van der Waals surface area contributed by atoms with Crippen molar-refractivity contribution in [3.05, 3.63) is 22.3 Å². The van der Waals surface area contributed by atoms with E-state index in [1.165, 1.54) is 7.11 Å². The van der Waals surface area contributed by atoms with E-state index in [1.54, 1.807) is 6.07 Å². The van der Waals surface area contributed by atoms with Crippen LogP contribution in [0.3, 0.4) is 0 Å². The molecule has 88 valence electrons. The predicted octanol–water partition coefficient (Wildman–Crippen LogP) is 1.10. The average molecular weight is 289 g/mol. The molecule has 1 aromatic heterocycles. The van der Waals surface area contributed by atoms with Crippen molar-refractivity contribution in [3.8, 4) is 0 Å². The predicted molar refractivity (Wildman–Crippen MR) is 63.2 cm³/mol. The van der Waals surface area contributed by atoms with Crippen molar-refractivity contribution < 1.29 is 14.6 Å². The molecule has 0 bridgehead atoms. The quantitative estimate of drug-likeness (QED) is 0.812. The van der Waals surface area contributed by atoms with Crippen molar-refractivity contribution in [2.45, 2.75) is 13.0 Å². The molecule has 0 radical (unpaired) electrons. The third-order valence-corrected chi connectivity index (χ3v) is 2.85. The van der Waals surface area contributed by atoms with E-state index in [9.17, 15) is 4.79 Å². The molecular weight excluding hydrogens is 276 g/mol. The fourth-order valence-corrected chi connectivity index (χ4v) is 1.35. The van der Waals surface area contributed by atoms with Gasteiger partial charge in [-0.3, -0.25) is 0 Å². The summed E-state index contributed by atoms with van der Waals surface area (Å²) in [6.45, 7) is 1.49. The lowest BCUT2D eigenvalue weighted by atomic mass is 10.3. The summed E-state index contributed by atoms with van der Waals surface area (Å²) in [5.74, 6) is -0.00461. The van der Waals surface area contributed by atoms with Crippen molar-refractivity contribution in [3.63, 3.8) is 0 Å². The number of rotatable bonds is 4. The molecule has 1 rings (SSSR count). The second-order valence-electron chi connectivity index (χ2n) is 3.17. The number of carbonyl (C=O) groups is 1. The van der Waals surface area contributed by atoms with Gasteiger partial charge in [-0.15, -0.1) is 0 Å². The highest BCUT2D eigenvalue weighted by Crippen LogP contribution is 2.16. The number of hydrogen-bond donors (Lipinski definition) is 2. The zero-order valence-electron chi connectivity index (χ0n) is 9.03. The first-order chi connectivity index (χ1) is 7.58. The highest BCUT2D eigenvalue weighted by atomic mass is 79.9. The number of methoxy groups -OCH3 is 1. The van der Waals surface area contributed by atoms with Crippen LogP contribution in [0, 0.1) is 6.92 Å². The monoisotopic (exact) mass is 288 g/mol. The van der Waals surface area contributed by atoms with Gasteiger partial charge in [0, 0.05) is 4.47 Å². The maximum absolute atomic E-state index is 11.2. The number of ether oxygens (including phenoxy) is 1. The second kappa shape index (κ2) is 5.81. The van der Waals surface area contributed by atoms with Crippen LogP contribution in [0.15, 0.2) is 16.6 Å². The highest BCUT2D eigenvalue weighted by Gasteiger charge is 2.18. The molecule has 6 heteroatoms. The van der Waals surface area contributed by atoms with Crippen molar-refractivity contribution in [2.24, 2.45) is 0 Å². The van der Waals surface area contributed by atoms with E-state index in [4.69, 9.17) is 5.11 Å². The number of esters is 1. The lowest BCUT2D eigenvalue weighted by Crippen LogP contribution is -2.34. The molecule has 0 saturated heterocycles. The normalized spacial score (nSPS) is 12.0. The minimum Gasteiger partial charge on any atom is -0.467 e. The highest BCUT2D eigenvalue weighted by molar-refractivity contribution is 9.10. The molecule has 1 heterocycles. The molecule has 0 aliphatic rings. The molecule has 1 aromatic rings. The van der Waals surface area contributed by atoms with Crippen LogP contribution in [0.1, 0.15) is 5.69 Å². The number of carbonyl (C=O) groups excluding carboxylic acids is 1. The Balaban J connectivity index is 2.78. The summed E-state index contributed by atoms with van der Waals surface area (Å²) >= 11 is 3.32. The fourth-order valence-electron chi connectivity index (χ4n) is 1.12. The van der Waals surface area contributed by atoms with E-state index < -0.39 is 12.0 Å². The summed E-state index contributed by atoms with van der Waals surface area (Å²) in [4.78, 5) is 15.4. The van der Waals surface area contributed by atoms with Gasteiger partial charge >= 0.3 is 5.97 Å². The summed E-state index contributed by atoms with van der Waals surface area (Å²) in [6, 6.07) is 2.73. The zero-order valence-corrected chi connectivity index (χ0v) is 10.6. The smallest absolute Gasteiger partial charge is 0.330 e. The number of aliphatic hydroxyl groups is 1. The number of hydrogen-bond acceptors (Lipinski definition) is 5. The minimum absolute atomic E-state index is 0.344. The van der Waals surface area contributed by atoms with E-state index >= 15 is 0 Å². The Labute approximate surface area is 102 Å². The molecule has 0 spiro atoms. The lowest BCUT2D eigenvalue weighted by molar-refractivity contribution is -0.142. The van der Waals surface area contributed by atoms with Crippen LogP contribution in [-0.4, -0.2) is 35.8 Å². The Morgan fingerprint density at radius 3 is 2.88 bits per heavy atom. The van der Waals surface area contributed by atoms with E-state index in [0.29, 0.717) is 5.82 Å².